The molecule has 1 aromatic carbocycles. The molecule has 2 aromatic rings. The maximum Gasteiger partial charge on any atom is 0.168 e. The molecule has 0 unspecified atom stereocenters. The molecule has 1 fully saturated rings. The first-order valence-electron chi connectivity index (χ1n) is 10.4. The fourth-order valence-corrected chi connectivity index (χ4v) is 3.99. The van der Waals surface area contributed by atoms with E-state index in [4.69, 9.17) is 4.74 Å². The highest BCUT2D eigenvalue weighted by atomic mass is 16.5. The summed E-state index contributed by atoms with van der Waals surface area (Å²) in [6, 6.07) is 7.00. The van der Waals surface area contributed by atoms with Crippen molar-refractivity contribution in [1.82, 2.24) is 25.1 Å². The fourth-order valence-electron chi connectivity index (χ4n) is 3.99. The van der Waals surface area contributed by atoms with Gasteiger partial charge in [-0.15, -0.1) is 5.10 Å². The minimum absolute atomic E-state index is 0.271. The molecule has 1 atom stereocenters. The summed E-state index contributed by atoms with van der Waals surface area (Å²) in [5, 5.41) is 12.5. The normalized spacial score (nSPS) is 16.5. The Hall–Kier alpha value is -1.99. The van der Waals surface area contributed by atoms with Crippen LogP contribution in [0.25, 0.3) is 0 Å². The Morgan fingerprint density at radius 2 is 1.93 bits per heavy atom. The number of benzene rings is 1. The highest BCUT2D eigenvalue weighted by Gasteiger charge is 2.29. The van der Waals surface area contributed by atoms with Crippen LogP contribution < -0.4 is 4.90 Å². The van der Waals surface area contributed by atoms with Gasteiger partial charge in [0.15, 0.2) is 5.82 Å². The Bertz CT molecular complexity index is 738. The molecule has 7 nitrogen and oxygen atoms in total. The third-order valence-electron chi connectivity index (χ3n) is 5.66. The third kappa shape index (κ3) is 4.89. The molecule has 1 aliphatic rings. The molecule has 28 heavy (non-hydrogen) atoms. The Balaban J connectivity index is 1.71. The van der Waals surface area contributed by atoms with Gasteiger partial charge in [-0.1, -0.05) is 31.9 Å². The summed E-state index contributed by atoms with van der Waals surface area (Å²) in [6.45, 7) is 12.1. The number of unbranched alkanes of at least 4 members (excludes halogenated alkanes) is 1. The van der Waals surface area contributed by atoms with Crippen molar-refractivity contribution in [1.29, 1.82) is 0 Å². The van der Waals surface area contributed by atoms with E-state index in [1.807, 2.05) is 4.68 Å². The maximum absolute atomic E-state index is 5.22. The molecule has 0 aliphatic carbocycles. The Labute approximate surface area is 168 Å². The molecule has 0 radical (unpaired) electrons. The van der Waals surface area contributed by atoms with Crippen LogP contribution in [0, 0.1) is 13.8 Å². The summed E-state index contributed by atoms with van der Waals surface area (Å²) < 4.78 is 7.14. The van der Waals surface area contributed by atoms with Crippen molar-refractivity contribution in [3.05, 3.63) is 35.2 Å². The van der Waals surface area contributed by atoms with Gasteiger partial charge in [-0.25, -0.2) is 4.68 Å². The van der Waals surface area contributed by atoms with Crippen LogP contribution in [0.2, 0.25) is 0 Å². The zero-order valence-corrected chi connectivity index (χ0v) is 17.8. The number of hydrogen-bond donors (Lipinski definition) is 0. The average molecular weight is 387 g/mol. The molecule has 7 heteroatoms. The van der Waals surface area contributed by atoms with Gasteiger partial charge >= 0.3 is 0 Å². The molecule has 154 valence electrons. The highest BCUT2D eigenvalue weighted by Crippen LogP contribution is 2.28. The summed E-state index contributed by atoms with van der Waals surface area (Å²) in [6.07, 6.45) is 3.45. The number of anilines is 1. The summed E-state index contributed by atoms with van der Waals surface area (Å²) in [7, 11) is 1.71. The lowest BCUT2D eigenvalue weighted by Crippen LogP contribution is -2.48. The van der Waals surface area contributed by atoms with E-state index in [-0.39, 0.29) is 6.04 Å². The molecule has 2 heterocycles. The maximum atomic E-state index is 5.22. The van der Waals surface area contributed by atoms with Gasteiger partial charge < -0.3 is 9.64 Å². The number of aromatic nitrogens is 4. The number of rotatable bonds is 9. The van der Waals surface area contributed by atoms with Crippen molar-refractivity contribution < 1.29 is 4.74 Å². The largest absolute Gasteiger partial charge is 0.383 e. The standard InChI is InChI=1S/C21H34N6O/c1-5-6-7-19(21-22-23-24-27(21)14-15-28-4)25-10-12-26(13-11-25)20-16-17(2)8-9-18(20)3/h8-9,16,19H,5-7,10-15H2,1-4H3/t19-/m0/s1. The first-order chi connectivity index (χ1) is 13.6. The average Bonchev–Trinajstić information content (AvgIpc) is 3.17. The van der Waals surface area contributed by atoms with Gasteiger partial charge in [0.05, 0.1) is 19.2 Å². The minimum Gasteiger partial charge on any atom is -0.383 e. The van der Waals surface area contributed by atoms with Gasteiger partial charge in [0.1, 0.15) is 0 Å². The quantitative estimate of drug-likeness (QED) is 0.660. The second kappa shape index (κ2) is 9.98. The van der Waals surface area contributed by atoms with Crippen molar-refractivity contribution >= 4 is 5.69 Å². The van der Waals surface area contributed by atoms with E-state index in [9.17, 15) is 0 Å². The number of hydrogen-bond acceptors (Lipinski definition) is 6. The minimum atomic E-state index is 0.271. The van der Waals surface area contributed by atoms with Crippen molar-refractivity contribution in [3.63, 3.8) is 0 Å². The second-order valence-electron chi connectivity index (χ2n) is 7.72. The molecule has 0 N–H and O–H groups in total. The van der Waals surface area contributed by atoms with Gasteiger partial charge in [-0.05, 0) is 47.9 Å². The van der Waals surface area contributed by atoms with Crippen LogP contribution in [-0.2, 0) is 11.3 Å². The lowest BCUT2D eigenvalue weighted by Gasteiger charge is -2.40. The van der Waals surface area contributed by atoms with Crippen molar-refractivity contribution in [2.45, 2.75) is 52.6 Å². The van der Waals surface area contributed by atoms with Crippen LogP contribution >= 0.6 is 0 Å². The van der Waals surface area contributed by atoms with E-state index in [1.165, 1.54) is 29.7 Å². The predicted octanol–water partition coefficient (Wildman–Crippen LogP) is 2.99. The van der Waals surface area contributed by atoms with E-state index < -0.39 is 0 Å². The van der Waals surface area contributed by atoms with Gasteiger partial charge in [-0.2, -0.15) is 0 Å². The number of aryl methyl sites for hydroxylation is 2. The smallest absolute Gasteiger partial charge is 0.168 e. The van der Waals surface area contributed by atoms with E-state index in [0.717, 1.165) is 38.4 Å². The van der Waals surface area contributed by atoms with Crippen molar-refractivity contribution in [3.8, 4) is 0 Å². The number of piperazine rings is 1. The zero-order chi connectivity index (χ0) is 19.9. The summed E-state index contributed by atoms with van der Waals surface area (Å²) in [4.78, 5) is 5.08. The number of methoxy groups -OCH3 is 1. The highest BCUT2D eigenvalue weighted by molar-refractivity contribution is 5.55. The molecule has 0 saturated carbocycles. The molecular weight excluding hydrogens is 352 g/mol. The van der Waals surface area contributed by atoms with E-state index in [2.05, 4.69) is 64.3 Å². The number of ether oxygens (including phenoxy) is 1. The second-order valence-corrected chi connectivity index (χ2v) is 7.72. The van der Waals surface area contributed by atoms with Crippen LogP contribution in [0.3, 0.4) is 0 Å². The first kappa shape index (κ1) is 20.7. The van der Waals surface area contributed by atoms with E-state index in [0.29, 0.717) is 13.2 Å². The van der Waals surface area contributed by atoms with Crippen LogP contribution in [0.1, 0.15) is 49.2 Å². The molecule has 1 aliphatic heterocycles. The molecule has 0 amide bonds. The van der Waals surface area contributed by atoms with Gasteiger partial charge in [0.25, 0.3) is 0 Å². The third-order valence-corrected chi connectivity index (χ3v) is 5.66. The van der Waals surface area contributed by atoms with Crippen LogP contribution in [0.4, 0.5) is 5.69 Å². The molecular formula is C21H34N6O. The van der Waals surface area contributed by atoms with Crippen molar-refractivity contribution in [2.75, 3.05) is 44.8 Å². The van der Waals surface area contributed by atoms with Gasteiger partial charge in [0, 0.05) is 39.0 Å². The monoisotopic (exact) mass is 386 g/mol. The van der Waals surface area contributed by atoms with Crippen LogP contribution in [0.15, 0.2) is 18.2 Å². The number of tetrazole rings is 1. The zero-order valence-electron chi connectivity index (χ0n) is 17.8. The Morgan fingerprint density at radius 1 is 1.14 bits per heavy atom. The summed E-state index contributed by atoms with van der Waals surface area (Å²) >= 11 is 0. The molecule has 0 spiro atoms. The van der Waals surface area contributed by atoms with Crippen molar-refractivity contribution in [2.24, 2.45) is 0 Å². The molecule has 3 rings (SSSR count). The van der Waals surface area contributed by atoms with E-state index in [1.54, 1.807) is 7.11 Å². The summed E-state index contributed by atoms with van der Waals surface area (Å²) in [5.41, 5.74) is 4.04. The Morgan fingerprint density at radius 3 is 2.64 bits per heavy atom. The van der Waals surface area contributed by atoms with Gasteiger partial charge in [-0.3, -0.25) is 4.90 Å². The molecule has 1 saturated heterocycles. The van der Waals surface area contributed by atoms with Crippen LogP contribution in [-0.4, -0.2) is 65.0 Å². The fraction of sp³-hybridized carbons (Fsp3) is 0.667. The number of nitrogens with zero attached hydrogens (tertiary/aromatic N) is 6. The van der Waals surface area contributed by atoms with E-state index >= 15 is 0 Å². The summed E-state index contributed by atoms with van der Waals surface area (Å²) in [5.74, 6) is 0.977. The lowest BCUT2D eigenvalue weighted by molar-refractivity contribution is 0.152. The topological polar surface area (TPSA) is 59.3 Å². The lowest BCUT2D eigenvalue weighted by atomic mass is 10.1. The SMILES string of the molecule is CCCC[C@@H](c1nnnn1CCOC)N1CCN(c2cc(C)ccc2C)CC1. The van der Waals surface area contributed by atoms with Crippen LogP contribution in [0.5, 0.6) is 0 Å². The predicted molar refractivity (Wildman–Crippen MR) is 112 cm³/mol. The molecule has 1 aromatic heterocycles. The molecule has 0 bridgehead atoms. The first-order valence-corrected chi connectivity index (χ1v) is 10.4. The van der Waals surface area contributed by atoms with Gasteiger partial charge in [0.2, 0.25) is 0 Å². The Kier molecular flexibility index (Phi) is 7.39.